The average Bonchev–Trinajstić information content (AvgIpc) is 1.49. The van der Waals surface area contributed by atoms with Gasteiger partial charge < -0.3 is 37.2 Å². The number of pyridine rings is 6. The lowest BCUT2D eigenvalue weighted by Gasteiger charge is -2.32. The van der Waals surface area contributed by atoms with Gasteiger partial charge in [0.15, 0.2) is 45.2 Å². The predicted molar refractivity (Wildman–Crippen MR) is 532 cm³/mol. The number of hydrogen-bond acceptors (Lipinski definition) is 7. The second-order valence-electron chi connectivity index (χ2n) is 37.1. The van der Waals surface area contributed by atoms with E-state index in [2.05, 4.69) is 395 Å². The minimum absolute atomic E-state index is 0.394. The predicted octanol–water partition coefficient (Wildman–Crippen LogP) is 22.0. The van der Waals surface area contributed by atoms with Crippen LogP contribution < -0.4 is 56.2 Å². The Hall–Kier alpha value is -18.7. The van der Waals surface area contributed by atoms with Crippen LogP contribution in [-0.2, 0) is 17.0 Å². The summed E-state index contributed by atoms with van der Waals surface area (Å²) in [6.45, 7) is 5.03. The highest BCUT2D eigenvalue weighted by Crippen LogP contribution is 2.61. The summed E-state index contributed by atoms with van der Waals surface area (Å²) >= 11 is 0. The number of nitrogens with zero attached hydrogens (tertiary/aromatic N) is 14. The number of para-hydroxylation sites is 2. The molecule has 9 aliphatic rings. The zero-order chi connectivity index (χ0) is 91.7. The Morgan fingerprint density at radius 2 is 0.879 bits per heavy atom. The Morgan fingerprint density at radius 3 is 1.49 bits per heavy atom. The molecule has 0 bridgehead atoms. The summed E-state index contributed by atoms with van der Waals surface area (Å²) in [5, 5.41) is 4.95. The van der Waals surface area contributed by atoms with E-state index >= 15 is 0 Å². The van der Waals surface area contributed by atoms with Crippen LogP contribution in [0.3, 0.4) is 0 Å². The molecule has 20 heteroatoms. The molecule has 3 unspecified atom stereocenters. The zero-order valence-corrected chi connectivity index (χ0v) is 75.5. The van der Waals surface area contributed by atoms with E-state index in [0.29, 0.717) is 13.2 Å². The first-order chi connectivity index (χ1) is 69.2. The van der Waals surface area contributed by atoms with Crippen molar-refractivity contribution in [3.63, 3.8) is 0 Å². The van der Waals surface area contributed by atoms with Crippen LogP contribution in [0.2, 0.25) is 0 Å². The summed E-state index contributed by atoms with van der Waals surface area (Å²) in [6.07, 6.45) is 28.0. The van der Waals surface area contributed by atoms with E-state index in [4.69, 9.17) is 28.4 Å². The van der Waals surface area contributed by atoms with Gasteiger partial charge in [0.1, 0.15) is 98.4 Å². The van der Waals surface area contributed by atoms with Gasteiger partial charge in [-0.3, -0.25) is 4.98 Å². The van der Waals surface area contributed by atoms with Crippen molar-refractivity contribution < 1.29 is 56.2 Å². The molecule has 3 spiro atoms. The molecule has 140 heavy (non-hydrogen) atoms. The highest BCUT2D eigenvalue weighted by Gasteiger charge is 2.74. The van der Waals surface area contributed by atoms with E-state index in [0.717, 1.165) is 142 Å². The molecule has 13 aromatic heterocycles. The molecule has 20 nitrogen and oxygen atoms in total. The van der Waals surface area contributed by atoms with Gasteiger partial charge in [0.2, 0.25) is 18.1 Å². The molecule has 0 saturated carbocycles. The largest absolute Gasteiger partial charge is 0.490 e. The zero-order valence-electron chi connectivity index (χ0n) is 75.5. The first kappa shape index (κ1) is 76.7. The summed E-state index contributed by atoms with van der Waals surface area (Å²) in [4.78, 5) is 4.34. The van der Waals surface area contributed by atoms with E-state index < -0.39 is 17.0 Å². The van der Waals surface area contributed by atoms with E-state index in [1.165, 1.54) is 99.3 Å². The van der Waals surface area contributed by atoms with Crippen molar-refractivity contribution >= 4 is 66.8 Å². The van der Waals surface area contributed by atoms with Gasteiger partial charge in [-0.2, -0.15) is 18.3 Å². The summed E-state index contributed by atoms with van der Waals surface area (Å²) in [6, 6.07) is 121. The molecule has 24 aromatic rings. The van der Waals surface area contributed by atoms with E-state index in [9.17, 15) is 0 Å². The van der Waals surface area contributed by atoms with Gasteiger partial charge in [-0.15, -0.1) is 14.0 Å². The van der Waals surface area contributed by atoms with Crippen LogP contribution >= 0.6 is 0 Å². The van der Waals surface area contributed by atoms with Crippen LogP contribution in [-0.4, -0.2) is 50.2 Å². The number of ether oxygens (including phenoxy) is 6. The van der Waals surface area contributed by atoms with E-state index in [1.54, 1.807) is 6.20 Å². The highest BCUT2D eigenvalue weighted by molar-refractivity contribution is 6.13. The number of hydrogen-bond donors (Lipinski definition) is 0. The summed E-state index contributed by atoms with van der Waals surface area (Å²) in [7, 11) is 0. The van der Waals surface area contributed by atoms with Gasteiger partial charge in [0.05, 0.1) is 53.4 Å². The van der Waals surface area contributed by atoms with Crippen molar-refractivity contribution in [2.24, 2.45) is 0 Å². The molecule has 11 aromatic carbocycles. The van der Waals surface area contributed by atoms with Crippen LogP contribution in [0.15, 0.2) is 414 Å². The van der Waals surface area contributed by atoms with Crippen molar-refractivity contribution in [2.75, 3.05) is 13.2 Å². The molecule has 0 saturated heterocycles. The topological polar surface area (TPSA) is 125 Å². The second kappa shape index (κ2) is 28.2. The van der Waals surface area contributed by atoms with Crippen molar-refractivity contribution in [2.45, 2.75) is 30.8 Å². The van der Waals surface area contributed by atoms with Crippen LogP contribution in [0.25, 0.3) is 140 Å². The van der Waals surface area contributed by atoms with Gasteiger partial charge in [-0.1, -0.05) is 160 Å². The summed E-state index contributed by atoms with van der Waals surface area (Å²) in [5.41, 5.74) is 28.5. The third-order valence-electron chi connectivity index (χ3n) is 30.0. The summed E-state index contributed by atoms with van der Waals surface area (Å²) < 4.78 is 69.6. The third kappa shape index (κ3) is 10.1. The quantitative estimate of drug-likeness (QED) is 0.0933. The van der Waals surface area contributed by atoms with Gasteiger partial charge in [0, 0.05) is 88.1 Å². The Morgan fingerprint density at radius 1 is 0.364 bits per heavy atom. The van der Waals surface area contributed by atoms with E-state index in [-0.39, 0.29) is 0 Å². The molecule has 33 rings (SSSR count). The lowest BCUT2D eigenvalue weighted by Crippen LogP contribution is -2.76. The number of fused-ring (bicyclic) bond motifs is 19. The SMILES string of the molecule is Cc1c(OCCOc2ccc(/C=C/c3ccccn3)cc2)c(C)[n+]2n1-c1cccc3c1C21c2c(cccc2Oc2cccc[n+]21)O3.c1cc2c3c(c1)-n1cc(-c4ccc(-c5cc6ccccn6c5)cc4)c[n+]1C31c3c(ccc4c5ccccc5n(c34)-c3cccc[n+]31)O2.c1cc2c3c(c1)-n1cc(-c4ccc(-c5ccc6ccccn56)cc4)c[n+]1C31c3c(ccc4c5ccccc5n(c34)-c3cccc[n+]31)O2. The fraction of sp³-hybridized carbons (Fsp3) is 0.0583. The minimum Gasteiger partial charge on any atom is -0.490 e. The Balaban J connectivity index is 0.0000000968. The standard InChI is InChI=1S/2C41H25N5O.C38H30N4O4/c1-2-10-33-30(9-1)31-19-21-36-39-40(31)46(33)37-13-4-6-23-43(37)41(39)38-34(11-7-12-35(38)47-36)44-24-28(25-45(41)44)26-14-16-27(17-15-26)32-20-18-29-8-3-5-22-42(29)32;1-2-10-33-31(9-1)32-18-19-36-39-40(32)46(33)37-13-4-6-21-43(37)41(39)38-34(11-7-12-35(38)47-36)44-24-29(25-45(41)44)27-16-14-26(15-17-27)28-22-30-8-3-5-20-42(30)23-28;1-25-37(44-24-23-43-29-19-16-27(17-20-29)15-18-28-9-3-5-21-39-28)26(2)42-38-35-30(41(25)42)10-7-11-31(35)45-32-12-8-13-33(36(32)38)46-34-14-4-6-22-40(34)38/h2*1-25H;3-22H,23-24H2,1-2H3/q3*+2/b;;18-15+. The second-order valence-corrected chi connectivity index (χ2v) is 37.1. The molecule has 0 fully saturated rings. The lowest BCUT2D eigenvalue weighted by atomic mass is 9.84. The maximum atomic E-state index is 6.78. The Kier molecular flexibility index (Phi) is 15.5. The fourth-order valence-electron chi connectivity index (χ4n) is 24.4. The number of aromatic nitrogens is 14. The van der Waals surface area contributed by atoms with Crippen LogP contribution in [0, 0.1) is 13.8 Å². The molecule has 3 atom stereocenters. The fourth-order valence-corrected chi connectivity index (χ4v) is 24.4. The molecule has 0 aliphatic carbocycles. The maximum Gasteiger partial charge on any atom is 0.452 e. The molecular formula is C120H80N14O6+6. The Labute approximate surface area is 799 Å². The molecule has 0 N–H and O–H groups in total. The van der Waals surface area contributed by atoms with Gasteiger partial charge in [-0.05, 0) is 227 Å². The minimum atomic E-state index is -0.759. The molecule has 0 radical (unpaired) electrons. The van der Waals surface area contributed by atoms with Gasteiger partial charge in [-0.25, -0.2) is 0 Å². The van der Waals surface area contributed by atoms with E-state index in [1.807, 2.05) is 103 Å². The van der Waals surface area contributed by atoms with Gasteiger partial charge >= 0.3 is 22.9 Å². The first-order valence-corrected chi connectivity index (χ1v) is 47.4. The van der Waals surface area contributed by atoms with Crippen LogP contribution in [0.5, 0.6) is 57.6 Å². The monoisotopic (exact) mass is 1810 g/mol. The van der Waals surface area contributed by atoms with Crippen molar-refractivity contribution in [1.82, 2.24) is 37.0 Å². The Bertz CT molecular complexity index is 9530. The number of rotatable bonds is 11. The smallest absolute Gasteiger partial charge is 0.452 e. The molecule has 9 aliphatic heterocycles. The van der Waals surface area contributed by atoms with Crippen molar-refractivity contribution in [3.8, 4) is 131 Å². The van der Waals surface area contributed by atoms with Crippen molar-refractivity contribution in [1.29, 1.82) is 0 Å². The molecule has 22 heterocycles. The lowest BCUT2D eigenvalue weighted by molar-refractivity contribution is -0.999. The van der Waals surface area contributed by atoms with Gasteiger partial charge in [0.25, 0.3) is 17.3 Å². The molecular weight excluding hydrogens is 1730 g/mol. The molecule has 0 amide bonds. The average molecular weight is 1810 g/mol. The van der Waals surface area contributed by atoms with Crippen LogP contribution in [0.4, 0.5) is 0 Å². The normalized spacial score (nSPS) is 16.3. The third-order valence-corrected chi connectivity index (χ3v) is 30.0. The maximum absolute atomic E-state index is 6.78. The van der Waals surface area contributed by atoms with Crippen LogP contribution in [0.1, 0.15) is 56.0 Å². The number of benzene rings is 11. The molecule has 660 valence electrons. The van der Waals surface area contributed by atoms with Crippen molar-refractivity contribution in [3.05, 3.63) is 470 Å². The first-order valence-electron chi connectivity index (χ1n) is 47.4. The highest BCUT2D eigenvalue weighted by atomic mass is 16.5. The summed E-state index contributed by atoms with van der Waals surface area (Å²) in [5.74, 6) is 10.6.